The van der Waals surface area contributed by atoms with Crippen molar-refractivity contribution in [1.29, 1.82) is 0 Å². The Hall–Kier alpha value is -2.76. The number of rotatable bonds is 7. The van der Waals surface area contributed by atoms with E-state index in [1.54, 1.807) is 18.3 Å². The van der Waals surface area contributed by atoms with Crippen molar-refractivity contribution >= 4 is 17.5 Å². The molecule has 1 aliphatic carbocycles. The molecule has 32 heavy (non-hydrogen) atoms. The lowest BCUT2D eigenvalue weighted by Crippen LogP contribution is -2.48. The summed E-state index contributed by atoms with van der Waals surface area (Å²) in [5.41, 5.74) is 9.00. The summed E-state index contributed by atoms with van der Waals surface area (Å²) < 4.78 is 0. The third kappa shape index (κ3) is 5.00. The van der Waals surface area contributed by atoms with E-state index in [0.29, 0.717) is 18.8 Å². The molecule has 0 spiro atoms. The number of carbonyl (C=O) groups excluding carboxylic acids is 1. The molecule has 3 aromatic rings. The largest absolute Gasteiger partial charge is 0.334 e. The van der Waals surface area contributed by atoms with E-state index in [1.165, 1.54) is 11.1 Å². The SMILES string of the molecule is NC[C@]1(c2cccc(Cl)c2)CC[C@@H](N(CCc2ccccc2)C(=O)c2cccnn2)CC1. The molecule has 2 N–H and O–H groups in total. The molecule has 1 aliphatic rings. The highest BCUT2D eigenvalue weighted by molar-refractivity contribution is 6.30. The van der Waals surface area contributed by atoms with Gasteiger partial charge >= 0.3 is 0 Å². The Morgan fingerprint density at radius 3 is 2.50 bits per heavy atom. The van der Waals surface area contributed by atoms with Gasteiger partial charge in [-0.25, -0.2) is 0 Å². The maximum absolute atomic E-state index is 13.4. The summed E-state index contributed by atoms with van der Waals surface area (Å²) in [7, 11) is 0. The van der Waals surface area contributed by atoms with Crippen molar-refractivity contribution in [2.45, 2.75) is 43.6 Å². The van der Waals surface area contributed by atoms with Crippen LogP contribution in [0.15, 0.2) is 72.9 Å². The van der Waals surface area contributed by atoms with Gasteiger partial charge in [-0.3, -0.25) is 4.79 Å². The molecule has 2 aromatic carbocycles. The Labute approximate surface area is 194 Å². The van der Waals surface area contributed by atoms with Gasteiger partial charge in [0.25, 0.3) is 5.91 Å². The molecule has 0 aliphatic heterocycles. The minimum absolute atomic E-state index is 0.0537. The molecule has 0 atom stereocenters. The molecule has 1 fully saturated rings. The number of amides is 1. The van der Waals surface area contributed by atoms with Crippen molar-refractivity contribution < 1.29 is 4.79 Å². The van der Waals surface area contributed by atoms with Crippen LogP contribution in [-0.2, 0) is 11.8 Å². The number of hydrogen-bond acceptors (Lipinski definition) is 4. The molecule has 1 aromatic heterocycles. The highest BCUT2D eigenvalue weighted by Crippen LogP contribution is 2.41. The quantitative estimate of drug-likeness (QED) is 0.570. The van der Waals surface area contributed by atoms with E-state index in [4.69, 9.17) is 17.3 Å². The molecule has 5 nitrogen and oxygen atoms in total. The van der Waals surface area contributed by atoms with Gasteiger partial charge in [0, 0.05) is 35.8 Å². The van der Waals surface area contributed by atoms with Crippen molar-refractivity contribution in [2.75, 3.05) is 13.1 Å². The van der Waals surface area contributed by atoms with Crippen LogP contribution in [0, 0.1) is 0 Å². The molecule has 4 rings (SSSR count). The van der Waals surface area contributed by atoms with Crippen LogP contribution < -0.4 is 5.73 Å². The normalized spacial score (nSPS) is 20.6. The second kappa shape index (κ2) is 10.2. The maximum Gasteiger partial charge on any atom is 0.274 e. The number of nitrogens with zero attached hydrogens (tertiary/aromatic N) is 3. The van der Waals surface area contributed by atoms with Gasteiger partial charge in [-0.2, -0.15) is 5.10 Å². The first kappa shape index (κ1) is 22.4. The zero-order valence-corrected chi connectivity index (χ0v) is 18.9. The van der Waals surface area contributed by atoms with Crippen molar-refractivity contribution in [3.05, 3.63) is 94.8 Å². The summed E-state index contributed by atoms with van der Waals surface area (Å²) >= 11 is 6.26. The Balaban J connectivity index is 1.53. The molecular formula is C26H29ClN4O. The Morgan fingerprint density at radius 1 is 1.06 bits per heavy atom. The predicted octanol–water partition coefficient (Wildman–Crippen LogP) is 4.65. The lowest BCUT2D eigenvalue weighted by molar-refractivity contribution is 0.0590. The molecule has 0 bridgehead atoms. The average molecular weight is 449 g/mol. The van der Waals surface area contributed by atoms with Crippen LogP contribution >= 0.6 is 11.6 Å². The van der Waals surface area contributed by atoms with Gasteiger partial charge in [0.1, 0.15) is 0 Å². The lowest BCUT2D eigenvalue weighted by Gasteiger charge is -2.43. The number of carbonyl (C=O) groups is 1. The van der Waals surface area contributed by atoms with Crippen molar-refractivity contribution in [2.24, 2.45) is 5.73 Å². The molecule has 0 unspecified atom stereocenters. The maximum atomic E-state index is 13.4. The van der Waals surface area contributed by atoms with Gasteiger partial charge in [-0.1, -0.05) is 54.1 Å². The zero-order chi connectivity index (χ0) is 22.4. The lowest BCUT2D eigenvalue weighted by atomic mass is 9.68. The van der Waals surface area contributed by atoms with E-state index in [1.807, 2.05) is 41.3 Å². The molecule has 0 saturated heterocycles. The highest BCUT2D eigenvalue weighted by Gasteiger charge is 2.39. The minimum Gasteiger partial charge on any atom is -0.334 e. The first-order valence-corrected chi connectivity index (χ1v) is 11.6. The molecule has 0 radical (unpaired) electrons. The number of benzene rings is 2. The highest BCUT2D eigenvalue weighted by atomic mass is 35.5. The molecule has 166 valence electrons. The van der Waals surface area contributed by atoms with Crippen LogP contribution in [0.1, 0.15) is 47.3 Å². The summed E-state index contributed by atoms with van der Waals surface area (Å²) in [5, 5.41) is 8.72. The summed E-state index contributed by atoms with van der Waals surface area (Å²) in [6, 6.07) is 22.0. The molecule has 1 heterocycles. The number of halogens is 1. The summed E-state index contributed by atoms with van der Waals surface area (Å²) in [5.74, 6) is -0.0537. The van der Waals surface area contributed by atoms with Gasteiger partial charge in [0.15, 0.2) is 5.69 Å². The second-order valence-electron chi connectivity index (χ2n) is 8.57. The molecule has 1 amide bonds. The van der Waals surface area contributed by atoms with Crippen LogP contribution in [-0.4, -0.2) is 40.1 Å². The number of hydrogen-bond donors (Lipinski definition) is 1. The van der Waals surface area contributed by atoms with Gasteiger partial charge in [-0.15, -0.1) is 5.10 Å². The van der Waals surface area contributed by atoms with E-state index >= 15 is 0 Å². The zero-order valence-electron chi connectivity index (χ0n) is 18.2. The monoisotopic (exact) mass is 448 g/mol. The van der Waals surface area contributed by atoms with Gasteiger partial charge in [-0.05, 0) is 67.5 Å². The Morgan fingerprint density at radius 2 is 1.84 bits per heavy atom. The van der Waals surface area contributed by atoms with Crippen molar-refractivity contribution in [3.8, 4) is 0 Å². The smallest absolute Gasteiger partial charge is 0.274 e. The van der Waals surface area contributed by atoms with Crippen molar-refractivity contribution in [3.63, 3.8) is 0 Å². The fourth-order valence-corrected chi connectivity index (χ4v) is 4.99. The Kier molecular flexibility index (Phi) is 7.18. The van der Waals surface area contributed by atoms with Gasteiger partial charge < -0.3 is 10.6 Å². The van der Waals surface area contributed by atoms with E-state index in [2.05, 4.69) is 28.4 Å². The van der Waals surface area contributed by atoms with Crippen molar-refractivity contribution in [1.82, 2.24) is 15.1 Å². The van der Waals surface area contributed by atoms with Crippen LogP contribution in [0.2, 0.25) is 5.02 Å². The number of aromatic nitrogens is 2. The van der Waals surface area contributed by atoms with Gasteiger partial charge in [0.2, 0.25) is 0 Å². The van der Waals surface area contributed by atoms with E-state index in [0.717, 1.165) is 37.1 Å². The minimum atomic E-state index is -0.0951. The van der Waals surface area contributed by atoms with Crippen LogP contribution in [0.5, 0.6) is 0 Å². The Bertz CT molecular complexity index is 1020. The van der Waals surface area contributed by atoms with Crippen LogP contribution in [0.25, 0.3) is 0 Å². The first-order chi connectivity index (χ1) is 15.6. The summed E-state index contributed by atoms with van der Waals surface area (Å²) in [6.45, 7) is 1.22. The van der Waals surface area contributed by atoms with E-state index in [9.17, 15) is 4.79 Å². The molecular weight excluding hydrogens is 420 g/mol. The van der Waals surface area contributed by atoms with E-state index in [-0.39, 0.29) is 17.4 Å². The average Bonchev–Trinajstić information content (AvgIpc) is 2.85. The van der Waals surface area contributed by atoms with E-state index < -0.39 is 0 Å². The predicted molar refractivity (Wildman–Crippen MR) is 128 cm³/mol. The fourth-order valence-electron chi connectivity index (χ4n) is 4.80. The molecule has 6 heteroatoms. The third-order valence-corrected chi connectivity index (χ3v) is 6.95. The standard InChI is InChI=1S/C26H29ClN4O/c27-22-9-4-8-21(18-22)26(19-28)14-11-23(12-15-26)31(17-13-20-6-2-1-3-7-20)25(32)24-10-5-16-29-30-24/h1-10,16,18,23H,11-15,17,19,28H2/t23-,26+. The fraction of sp³-hybridized carbons (Fsp3) is 0.346. The third-order valence-electron chi connectivity index (χ3n) is 6.72. The topological polar surface area (TPSA) is 72.1 Å². The number of nitrogens with two attached hydrogens (primary N) is 1. The van der Waals surface area contributed by atoms with Crippen LogP contribution in [0.3, 0.4) is 0 Å². The summed E-state index contributed by atoms with van der Waals surface area (Å²) in [6.07, 6.45) is 6.02. The summed E-state index contributed by atoms with van der Waals surface area (Å²) in [4.78, 5) is 15.4. The molecule has 1 saturated carbocycles. The first-order valence-electron chi connectivity index (χ1n) is 11.2. The van der Waals surface area contributed by atoms with Crippen LogP contribution in [0.4, 0.5) is 0 Å². The van der Waals surface area contributed by atoms with Gasteiger partial charge in [0.05, 0.1) is 0 Å². The second-order valence-corrected chi connectivity index (χ2v) is 9.01.